The van der Waals surface area contributed by atoms with Crippen LogP contribution in [0, 0.1) is 12.7 Å². The van der Waals surface area contributed by atoms with Crippen molar-refractivity contribution in [3.63, 3.8) is 0 Å². The summed E-state index contributed by atoms with van der Waals surface area (Å²) in [6, 6.07) is 12.6. The summed E-state index contributed by atoms with van der Waals surface area (Å²) in [5.41, 5.74) is 8.45. The minimum absolute atomic E-state index is 0.200. The van der Waals surface area contributed by atoms with Gasteiger partial charge in [0.25, 0.3) is 0 Å². The Bertz CT molecular complexity index is 732. The summed E-state index contributed by atoms with van der Waals surface area (Å²) in [4.78, 5) is 1.21. The highest BCUT2D eigenvalue weighted by atomic mass is 32.1. The Balaban J connectivity index is 2.21. The van der Waals surface area contributed by atoms with E-state index in [0.717, 1.165) is 16.5 Å². The van der Waals surface area contributed by atoms with Crippen LogP contribution in [0.15, 0.2) is 47.8 Å². The van der Waals surface area contributed by atoms with Crippen LogP contribution in [0.3, 0.4) is 0 Å². The van der Waals surface area contributed by atoms with Crippen molar-refractivity contribution in [3.8, 4) is 0 Å². The summed E-state index contributed by atoms with van der Waals surface area (Å²) in [6.45, 7) is 2.06. The molecule has 3 rings (SSSR count). The molecular weight excluding hydrogens is 257 g/mol. The van der Waals surface area contributed by atoms with Crippen molar-refractivity contribution in [2.75, 3.05) is 0 Å². The SMILES string of the molecule is Cc1sccc1C(N)c1ccc(F)c2ccccc12. The monoisotopic (exact) mass is 271 g/mol. The molecule has 0 radical (unpaired) electrons. The number of nitrogens with two attached hydrogens (primary N) is 1. The van der Waals surface area contributed by atoms with Crippen LogP contribution in [0.5, 0.6) is 0 Å². The molecule has 3 heteroatoms. The van der Waals surface area contributed by atoms with Crippen LogP contribution in [-0.4, -0.2) is 0 Å². The van der Waals surface area contributed by atoms with Crippen LogP contribution in [0.4, 0.5) is 4.39 Å². The van der Waals surface area contributed by atoms with Crippen molar-refractivity contribution in [2.45, 2.75) is 13.0 Å². The Morgan fingerprint density at radius 1 is 1.00 bits per heavy atom. The number of hydrogen-bond acceptors (Lipinski definition) is 2. The van der Waals surface area contributed by atoms with Gasteiger partial charge in [-0.1, -0.05) is 30.3 Å². The van der Waals surface area contributed by atoms with Crippen molar-refractivity contribution in [2.24, 2.45) is 5.73 Å². The maximum atomic E-state index is 13.8. The first-order valence-electron chi connectivity index (χ1n) is 6.15. The zero-order chi connectivity index (χ0) is 13.4. The van der Waals surface area contributed by atoms with Crippen LogP contribution in [0.25, 0.3) is 10.8 Å². The summed E-state index contributed by atoms with van der Waals surface area (Å²) < 4.78 is 13.8. The molecule has 0 aliphatic carbocycles. The number of rotatable bonds is 2. The van der Waals surface area contributed by atoms with Gasteiger partial charge in [0, 0.05) is 10.3 Å². The average Bonchev–Trinajstić information content (AvgIpc) is 2.85. The summed E-state index contributed by atoms with van der Waals surface area (Å²) in [5, 5.41) is 3.56. The number of aryl methyl sites for hydroxylation is 1. The third-order valence-electron chi connectivity index (χ3n) is 3.47. The molecule has 0 fully saturated rings. The van der Waals surface area contributed by atoms with E-state index in [1.165, 1.54) is 10.9 Å². The van der Waals surface area contributed by atoms with Crippen LogP contribution in [-0.2, 0) is 0 Å². The smallest absolute Gasteiger partial charge is 0.131 e. The zero-order valence-electron chi connectivity index (χ0n) is 10.6. The van der Waals surface area contributed by atoms with Crippen LogP contribution in [0.1, 0.15) is 22.0 Å². The van der Waals surface area contributed by atoms with E-state index < -0.39 is 0 Å². The van der Waals surface area contributed by atoms with Gasteiger partial charge in [-0.25, -0.2) is 4.39 Å². The van der Waals surface area contributed by atoms with Crippen molar-refractivity contribution >= 4 is 22.1 Å². The van der Waals surface area contributed by atoms with Gasteiger partial charge in [0.2, 0.25) is 0 Å². The summed E-state index contributed by atoms with van der Waals surface area (Å²) in [6.07, 6.45) is 0. The topological polar surface area (TPSA) is 26.0 Å². The molecule has 2 N–H and O–H groups in total. The van der Waals surface area contributed by atoms with E-state index in [0.29, 0.717) is 5.39 Å². The largest absolute Gasteiger partial charge is 0.320 e. The van der Waals surface area contributed by atoms with Gasteiger partial charge in [-0.2, -0.15) is 0 Å². The molecule has 0 bridgehead atoms. The predicted molar refractivity (Wildman–Crippen MR) is 79.0 cm³/mol. The molecule has 96 valence electrons. The molecule has 1 aromatic heterocycles. The normalized spacial score (nSPS) is 12.8. The van der Waals surface area contributed by atoms with E-state index in [1.54, 1.807) is 23.5 Å². The van der Waals surface area contributed by atoms with Gasteiger partial charge in [-0.3, -0.25) is 0 Å². The molecule has 0 saturated carbocycles. The minimum atomic E-state index is -0.211. The van der Waals surface area contributed by atoms with Crippen molar-refractivity contribution in [1.29, 1.82) is 0 Å². The quantitative estimate of drug-likeness (QED) is 0.734. The summed E-state index contributed by atoms with van der Waals surface area (Å²) in [5.74, 6) is -0.200. The Hall–Kier alpha value is -1.71. The maximum Gasteiger partial charge on any atom is 0.131 e. The fraction of sp³-hybridized carbons (Fsp3) is 0.125. The fourth-order valence-corrected chi connectivity index (χ4v) is 3.19. The lowest BCUT2D eigenvalue weighted by Gasteiger charge is -2.15. The highest BCUT2D eigenvalue weighted by Crippen LogP contribution is 2.31. The van der Waals surface area contributed by atoms with E-state index in [2.05, 4.69) is 6.92 Å². The third-order valence-corrected chi connectivity index (χ3v) is 4.34. The van der Waals surface area contributed by atoms with Gasteiger partial charge in [0.05, 0.1) is 6.04 Å². The van der Waals surface area contributed by atoms with Crippen LogP contribution >= 0.6 is 11.3 Å². The minimum Gasteiger partial charge on any atom is -0.320 e. The van der Waals surface area contributed by atoms with E-state index in [-0.39, 0.29) is 11.9 Å². The number of benzene rings is 2. The van der Waals surface area contributed by atoms with Crippen LogP contribution in [0.2, 0.25) is 0 Å². The predicted octanol–water partition coefficient (Wildman–Crippen LogP) is 4.40. The second-order valence-corrected chi connectivity index (χ2v) is 5.71. The van der Waals surface area contributed by atoms with Gasteiger partial charge in [0.15, 0.2) is 0 Å². The molecule has 2 aromatic carbocycles. The first-order chi connectivity index (χ1) is 9.18. The summed E-state index contributed by atoms with van der Waals surface area (Å²) >= 11 is 1.68. The Morgan fingerprint density at radius 2 is 1.74 bits per heavy atom. The highest BCUT2D eigenvalue weighted by Gasteiger charge is 2.16. The molecule has 1 heterocycles. The molecule has 1 atom stereocenters. The molecule has 1 unspecified atom stereocenters. The second kappa shape index (κ2) is 4.76. The number of halogens is 1. The van der Waals surface area contributed by atoms with E-state index >= 15 is 0 Å². The Labute approximate surface area is 115 Å². The zero-order valence-corrected chi connectivity index (χ0v) is 11.4. The van der Waals surface area contributed by atoms with E-state index in [9.17, 15) is 4.39 Å². The van der Waals surface area contributed by atoms with Gasteiger partial charge in [-0.05, 0) is 40.9 Å². The lowest BCUT2D eigenvalue weighted by Crippen LogP contribution is -2.12. The molecule has 0 aliphatic rings. The molecule has 1 nitrogen and oxygen atoms in total. The lowest BCUT2D eigenvalue weighted by molar-refractivity contribution is 0.639. The summed E-state index contributed by atoms with van der Waals surface area (Å²) in [7, 11) is 0. The number of thiophene rings is 1. The average molecular weight is 271 g/mol. The van der Waals surface area contributed by atoms with E-state index in [1.807, 2.05) is 29.6 Å². The highest BCUT2D eigenvalue weighted by molar-refractivity contribution is 7.10. The standard InChI is InChI=1S/C16H14FNS/c1-10-11(8-9-19-10)16(18)14-6-7-15(17)13-5-3-2-4-12(13)14/h2-9,16H,18H2,1H3. The molecule has 19 heavy (non-hydrogen) atoms. The van der Waals surface area contributed by atoms with Gasteiger partial charge in [0.1, 0.15) is 5.82 Å². The van der Waals surface area contributed by atoms with Crippen molar-refractivity contribution in [1.82, 2.24) is 0 Å². The Morgan fingerprint density at radius 3 is 2.42 bits per heavy atom. The molecule has 0 aliphatic heterocycles. The molecule has 0 amide bonds. The number of fused-ring (bicyclic) bond motifs is 1. The first kappa shape index (κ1) is 12.3. The fourth-order valence-electron chi connectivity index (χ4n) is 2.44. The Kier molecular flexibility index (Phi) is 3.09. The molecular formula is C16H14FNS. The van der Waals surface area contributed by atoms with Crippen LogP contribution < -0.4 is 5.73 Å². The third kappa shape index (κ3) is 2.05. The van der Waals surface area contributed by atoms with Crippen molar-refractivity contribution in [3.05, 3.63) is 69.7 Å². The van der Waals surface area contributed by atoms with Gasteiger partial charge in [-0.15, -0.1) is 11.3 Å². The molecule has 0 spiro atoms. The lowest BCUT2D eigenvalue weighted by atomic mass is 9.94. The van der Waals surface area contributed by atoms with Gasteiger partial charge >= 0.3 is 0 Å². The second-order valence-electron chi connectivity index (χ2n) is 4.59. The van der Waals surface area contributed by atoms with Crippen molar-refractivity contribution < 1.29 is 4.39 Å². The molecule has 3 aromatic rings. The number of hydrogen-bond donors (Lipinski definition) is 1. The first-order valence-corrected chi connectivity index (χ1v) is 7.03. The maximum absolute atomic E-state index is 13.8. The molecule has 0 saturated heterocycles. The van der Waals surface area contributed by atoms with E-state index in [4.69, 9.17) is 5.73 Å². The van der Waals surface area contributed by atoms with Gasteiger partial charge < -0.3 is 5.73 Å².